The molecule has 7 unspecified atom stereocenters. The van der Waals surface area contributed by atoms with Gasteiger partial charge in [0.15, 0.2) is 11.6 Å². The van der Waals surface area contributed by atoms with Gasteiger partial charge in [0.1, 0.15) is 17.3 Å². The summed E-state index contributed by atoms with van der Waals surface area (Å²) in [4.78, 5) is 24.7. The highest BCUT2D eigenvalue weighted by molar-refractivity contribution is 5.92. The molecule has 4 saturated heterocycles. The van der Waals surface area contributed by atoms with E-state index in [2.05, 4.69) is 20.4 Å². The first-order valence-electron chi connectivity index (χ1n) is 14.1. The Kier molecular flexibility index (Phi) is 6.79. The van der Waals surface area contributed by atoms with Crippen molar-refractivity contribution >= 4 is 11.8 Å². The van der Waals surface area contributed by atoms with Crippen molar-refractivity contribution in [3.05, 3.63) is 23.8 Å². The molecule has 1 spiro atoms. The fourth-order valence-electron chi connectivity index (χ4n) is 7.92. The van der Waals surface area contributed by atoms with Crippen LogP contribution in [0.4, 0.5) is 0 Å². The van der Waals surface area contributed by atoms with Gasteiger partial charge >= 0.3 is 5.97 Å². The molecule has 1 aliphatic carbocycles. The van der Waals surface area contributed by atoms with Gasteiger partial charge in [0.25, 0.3) is 0 Å². The van der Waals surface area contributed by atoms with E-state index < -0.39 is 29.2 Å². The maximum Gasteiger partial charge on any atom is 0.333 e. The summed E-state index contributed by atoms with van der Waals surface area (Å²) in [5.74, 6) is -0.394. The number of rotatable bonds is 5. The van der Waals surface area contributed by atoms with Gasteiger partial charge in [0.05, 0.1) is 19.3 Å². The third-order valence-corrected chi connectivity index (χ3v) is 10.1. The number of hydrogen-bond donors (Lipinski definition) is 1. The lowest BCUT2D eigenvalue weighted by molar-refractivity contribution is -0.316. The van der Waals surface area contributed by atoms with E-state index in [9.17, 15) is 14.7 Å². The molecule has 1 saturated carbocycles. The van der Waals surface area contributed by atoms with Crippen molar-refractivity contribution in [1.29, 1.82) is 0 Å². The summed E-state index contributed by atoms with van der Waals surface area (Å²) in [7, 11) is 0. The summed E-state index contributed by atoms with van der Waals surface area (Å²) < 4.78 is 24.1. The molecule has 4 heterocycles. The van der Waals surface area contributed by atoms with E-state index in [0.717, 1.165) is 44.1 Å². The molecule has 0 aromatic carbocycles. The third-order valence-electron chi connectivity index (χ3n) is 10.1. The van der Waals surface area contributed by atoms with E-state index in [1.165, 1.54) is 0 Å². The summed E-state index contributed by atoms with van der Waals surface area (Å²) in [5.41, 5.74) is 0.0230. The van der Waals surface area contributed by atoms with Gasteiger partial charge in [-0.15, -0.1) is 0 Å². The highest BCUT2D eigenvalue weighted by Gasteiger charge is 2.67. The molecule has 37 heavy (non-hydrogen) atoms. The van der Waals surface area contributed by atoms with E-state index in [1.807, 2.05) is 20.8 Å². The first-order chi connectivity index (χ1) is 17.3. The lowest BCUT2D eigenvalue weighted by Gasteiger charge is -2.49. The van der Waals surface area contributed by atoms with E-state index in [0.29, 0.717) is 43.5 Å². The summed E-state index contributed by atoms with van der Waals surface area (Å²) in [5, 5.41) is 11.2. The van der Waals surface area contributed by atoms with Crippen molar-refractivity contribution in [2.24, 2.45) is 23.2 Å². The van der Waals surface area contributed by atoms with Crippen LogP contribution in [0.5, 0.6) is 0 Å². The second-order valence-corrected chi connectivity index (χ2v) is 13.3. The van der Waals surface area contributed by atoms with Gasteiger partial charge in [0.2, 0.25) is 0 Å². The molecule has 0 aromatic heterocycles. The molecule has 7 heteroatoms. The summed E-state index contributed by atoms with van der Waals surface area (Å²) in [6, 6.07) is 0. The van der Waals surface area contributed by atoms with Crippen molar-refractivity contribution < 1.29 is 33.6 Å². The van der Waals surface area contributed by atoms with Crippen LogP contribution >= 0.6 is 0 Å². The molecule has 206 valence electrons. The molecule has 7 atom stereocenters. The summed E-state index contributed by atoms with van der Waals surface area (Å²) in [6.45, 7) is 15.5. The Morgan fingerprint density at radius 2 is 1.86 bits per heavy atom. The number of fused-ring (bicyclic) bond motifs is 3. The Morgan fingerprint density at radius 1 is 1.11 bits per heavy atom. The Bertz CT molecular complexity index is 986. The Morgan fingerprint density at radius 3 is 2.51 bits per heavy atom. The standard InChI is InChI=1S/C30H44O7/c1-18-7-9-21(27(2,3)24(18)22(31)15-20-12-14-34-26(20)33)10-8-19-11-13-30(35-17-19)29(6)16-23(36-30)25(32)28(4,5)37-29/h15,19,21-24,31H,1,7-14,16-17H2,2-6H3. The van der Waals surface area contributed by atoms with Crippen LogP contribution < -0.4 is 0 Å². The topological polar surface area (TPSA) is 91.3 Å². The number of hydrogen-bond acceptors (Lipinski definition) is 7. The van der Waals surface area contributed by atoms with Crippen LogP contribution in [0, 0.1) is 23.2 Å². The summed E-state index contributed by atoms with van der Waals surface area (Å²) in [6.07, 6.45) is 7.35. The van der Waals surface area contributed by atoms with E-state index in [4.69, 9.17) is 18.9 Å². The lowest BCUT2D eigenvalue weighted by Crippen LogP contribution is -2.59. The molecule has 0 radical (unpaired) electrons. The van der Waals surface area contributed by atoms with Crippen LogP contribution in [0.3, 0.4) is 0 Å². The molecular formula is C30H44O7. The maximum absolute atomic E-state index is 12.7. The number of carbonyl (C=O) groups is 2. The summed E-state index contributed by atoms with van der Waals surface area (Å²) >= 11 is 0. The van der Waals surface area contributed by atoms with Crippen molar-refractivity contribution in [2.75, 3.05) is 13.2 Å². The quantitative estimate of drug-likeness (QED) is 0.323. The molecule has 0 aromatic rings. The normalized spacial score (nSPS) is 42.9. The molecule has 2 bridgehead atoms. The largest absolute Gasteiger partial charge is 0.462 e. The van der Waals surface area contributed by atoms with Crippen LogP contribution in [-0.4, -0.2) is 59.3 Å². The van der Waals surface area contributed by atoms with Crippen LogP contribution in [0.25, 0.3) is 0 Å². The number of ether oxygens (including phenoxy) is 4. The lowest BCUT2D eigenvalue weighted by atomic mass is 9.57. The zero-order valence-electron chi connectivity index (χ0n) is 23.1. The Balaban J connectivity index is 1.20. The minimum Gasteiger partial charge on any atom is -0.462 e. The second kappa shape index (κ2) is 9.29. The molecule has 5 aliphatic rings. The van der Waals surface area contributed by atoms with Crippen molar-refractivity contribution in [2.45, 2.75) is 115 Å². The third kappa shape index (κ3) is 4.54. The molecule has 7 nitrogen and oxygen atoms in total. The number of aliphatic hydroxyl groups excluding tert-OH is 1. The molecule has 0 amide bonds. The van der Waals surface area contributed by atoms with Crippen molar-refractivity contribution in [1.82, 2.24) is 0 Å². The van der Waals surface area contributed by atoms with Crippen LogP contribution in [0.2, 0.25) is 0 Å². The number of aliphatic hydroxyl groups is 1. The number of cyclic esters (lactones) is 1. The molecule has 5 rings (SSSR count). The number of ketones is 1. The monoisotopic (exact) mass is 516 g/mol. The molecule has 1 N–H and O–H groups in total. The highest BCUT2D eigenvalue weighted by Crippen LogP contribution is 2.55. The van der Waals surface area contributed by atoms with Crippen molar-refractivity contribution in [3.63, 3.8) is 0 Å². The average molecular weight is 517 g/mol. The van der Waals surface area contributed by atoms with Gasteiger partial charge in [-0.1, -0.05) is 26.0 Å². The average Bonchev–Trinajstić information content (AvgIpc) is 3.31. The van der Waals surface area contributed by atoms with Crippen LogP contribution in [0.15, 0.2) is 23.8 Å². The van der Waals surface area contributed by atoms with Gasteiger partial charge in [-0.25, -0.2) is 4.79 Å². The smallest absolute Gasteiger partial charge is 0.333 e. The number of carbonyl (C=O) groups excluding carboxylic acids is 2. The van der Waals surface area contributed by atoms with Gasteiger partial charge in [-0.3, -0.25) is 4.79 Å². The first-order valence-corrected chi connectivity index (χ1v) is 14.1. The Hall–Kier alpha value is -1.54. The zero-order chi connectivity index (χ0) is 26.8. The van der Waals surface area contributed by atoms with Crippen molar-refractivity contribution in [3.8, 4) is 0 Å². The zero-order valence-corrected chi connectivity index (χ0v) is 23.1. The van der Waals surface area contributed by atoms with Crippen LogP contribution in [0.1, 0.15) is 86.0 Å². The second-order valence-electron chi connectivity index (χ2n) is 13.3. The molecule has 5 fully saturated rings. The maximum atomic E-state index is 12.7. The van der Waals surface area contributed by atoms with Gasteiger partial charge < -0.3 is 24.1 Å². The minimum atomic E-state index is -0.854. The van der Waals surface area contributed by atoms with E-state index >= 15 is 0 Å². The SMILES string of the molecule is C=C1CCC(CCC2CCC3(OC2)OC2CC3(C)OC(C)(C)C2=O)C(C)(C)C1C(O)C=C1CCOC1=O. The van der Waals surface area contributed by atoms with Crippen LogP contribution in [-0.2, 0) is 28.5 Å². The van der Waals surface area contributed by atoms with E-state index in [-0.39, 0.29) is 23.1 Å². The predicted octanol–water partition coefficient (Wildman–Crippen LogP) is 4.66. The highest BCUT2D eigenvalue weighted by atomic mass is 16.7. The number of esters is 1. The number of Topliss-reactive ketones (excluding diaryl/α,β-unsaturated/α-hetero) is 1. The van der Waals surface area contributed by atoms with E-state index in [1.54, 1.807) is 6.08 Å². The fraction of sp³-hybridized carbons (Fsp3) is 0.800. The van der Waals surface area contributed by atoms with Gasteiger partial charge in [0, 0.05) is 30.8 Å². The van der Waals surface area contributed by atoms with Gasteiger partial charge in [-0.05, 0) is 76.2 Å². The Labute approximate surface area is 220 Å². The molecule has 4 aliphatic heterocycles. The fourth-order valence-corrected chi connectivity index (χ4v) is 7.92. The molecular weight excluding hydrogens is 472 g/mol. The predicted molar refractivity (Wildman–Crippen MR) is 138 cm³/mol. The first kappa shape index (κ1) is 27.0. The van der Waals surface area contributed by atoms with Gasteiger partial charge in [-0.2, -0.15) is 0 Å². The minimum absolute atomic E-state index is 0.00546.